The summed E-state index contributed by atoms with van der Waals surface area (Å²) in [4.78, 5) is 11.6. The SMILES string of the molecule is CCCCCC(O)/C=C/C1C(O)CC(O)C1C/C=C/CCCC(=O)NCCC. The van der Waals surface area contributed by atoms with E-state index in [1.54, 1.807) is 6.08 Å². The molecule has 0 saturated heterocycles. The average molecular weight is 396 g/mol. The zero-order valence-electron chi connectivity index (χ0n) is 17.7. The second-order valence-electron chi connectivity index (χ2n) is 8.01. The molecule has 0 bridgehead atoms. The number of hydrogen-bond acceptors (Lipinski definition) is 4. The molecule has 0 heterocycles. The smallest absolute Gasteiger partial charge is 0.220 e. The molecule has 28 heavy (non-hydrogen) atoms. The normalized spacial score (nSPS) is 26.3. The van der Waals surface area contributed by atoms with E-state index in [2.05, 4.69) is 18.3 Å². The molecule has 1 amide bonds. The first-order valence-corrected chi connectivity index (χ1v) is 11.1. The minimum absolute atomic E-state index is 0.0294. The van der Waals surface area contributed by atoms with Crippen molar-refractivity contribution in [2.24, 2.45) is 11.8 Å². The Morgan fingerprint density at radius 1 is 1.11 bits per heavy atom. The number of carbonyl (C=O) groups is 1. The molecule has 162 valence electrons. The molecule has 0 aromatic rings. The third-order valence-electron chi connectivity index (χ3n) is 5.50. The largest absolute Gasteiger partial charge is 0.393 e. The highest BCUT2D eigenvalue weighted by Gasteiger charge is 2.39. The molecular formula is C23H41NO4. The zero-order valence-corrected chi connectivity index (χ0v) is 17.7. The first-order valence-electron chi connectivity index (χ1n) is 11.1. The van der Waals surface area contributed by atoms with E-state index < -0.39 is 18.3 Å². The Morgan fingerprint density at radius 3 is 2.61 bits per heavy atom. The van der Waals surface area contributed by atoms with Gasteiger partial charge in [0, 0.05) is 25.3 Å². The van der Waals surface area contributed by atoms with Crippen LogP contribution in [0.4, 0.5) is 0 Å². The molecule has 0 radical (unpaired) electrons. The summed E-state index contributed by atoms with van der Waals surface area (Å²) < 4.78 is 0. The van der Waals surface area contributed by atoms with Crippen LogP contribution in [0.2, 0.25) is 0 Å². The van der Waals surface area contributed by atoms with E-state index in [1.165, 1.54) is 0 Å². The fourth-order valence-electron chi connectivity index (χ4n) is 3.77. The van der Waals surface area contributed by atoms with Crippen molar-refractivity contribution >= 4 is 5.91 Å². The molecule has 1 saturated carbocycles. The molecule has 1 aliphatic carbocycles. The molecule has 1 aliphatic rings. The van der Waals surface area contributed by atoms with Gasteiger partial charge in [0.1, 0.15) is 0 Å². The van der Waals surface area contributed by atoms with Crippen LogP contribution in [0.1, 0.15) is 78.1 Å². The third-order valence-corrected chi connectivity index (χ3v) is 5.50. The number of unbranched alkanes of at least 4 members (excludes halogenated alkanes) is 3. The number of carbonyl (C=O) groups excluding carboxylic acids is 1. The van der Waals surface area contributed by atoms with Crippen LogP contribution in [-0.4, -0.2) is 46.1 Å². The Labute approximate surface area is 170 Å². The van der Waals surface area contributed by atoms with Crippen LogP contribution in [0.25, 0.3) is 0 Å². The van der Waals surface area contributed by atoms with Gasteiger partial charge in [0.25, 0.3) is 0 Å². The molecule has 5 nitrogen and oxygen atoms in total. The van der Waals surface area contributed by atoms with Crippen LogP contribution in [0, 0.1) is 11.8 Å². The summed E-state index contributed by atoms with van der Waals surface area (Å²) in [5.41, 5.74) is 0. The van der Waals surface area contributed by atoms with E-state index in [0.29, 0.717) is 19.3 Å². The standard InChI is InChI=1S/C23H41NO4/c1-3-5-8-11-18(25)14-15-20-19(21(26)17-22(20)27)12-9-6-7-10-13-23(28)24-16-4-2/h6,9,14-15,18-22,25-27H,3-5,7-8,10-13,16-17H2,1-2H3,(H,24,28)/b9-6+,15-14+. The molecule has 5 heteroatoms. The number of hydrogen-bond donors (Lipinski definition) is 4. The predicted molar refractivity (Wildman–Crippen MR) is 114 cm³/mol. The van der Waals surface area contributed by atoms with E-state index in [-0.39, 0.29) is 17.7 Å². The van der Waals surface area contributed by atoms with Gasteiger partial charge in [-0.15, -0.1) is 0 Å². The minimum Gasteiger partial charge on any atom is -0.393 e. The van der Waals surface area contributed by atoms with Crippen LogP contribution in [-0.2, 0) is 4.79 Å². The lowest BCUT2D eigenvalue weighted by Crippen LogP contribution is -2.23. The Balaban J connectivity index is 2.39. The highest BCUT2D eigenvalue weighted by Crippen LogP contribution is 2.36. The molecule has 4 N–H and O–H groups in total. The Morgan fingerprint density at radius 2 is 1.89 bits per heavy atom. The van der Waals surface area contributed by atoms with Gasteiger partial charge in [0.2, 0.25) is 5.91 Å². The molecular weight excluding hydrogens is 354 g/mol. The Kier molecular flexibility index (Phi) is 13.1. The predicted octanol–water partition coefficient (Wildman–Crippen LogP) is 3.48. The highest BCUT2D eigenvalue weighted by molar-refractivity contribution is 5.75. The van der Waals surface area contributed by atoms with E-state index in [1.807, 2.05) is 19.1 Å². The van der Waals surface area contributed by atoms with Gasteiger partial charge in [0.05, 0.1) is 18.3 Å². The fraction of sp³-hybridized carbons (Fsp3) is 0.783. The Hall–Kier alpha value is -1.17. The number of aliphatic hydroxyl groups is 3. The summed E-state index contributed by atoms with van der Waals surface area (Å²) >= 11 is 0. The lowest BCUT2D eigenvalue weighted by molar-refractivity contribution is -0.121. The maximum Gasteiger partial charge on any atom is 0.220 e. The second kappa shape index (κ2) is 14.8. The summed E-state index contributed by atoms with van der Waals surface area (Å²) in [5, 5.41) is 33.5. The van der Waals surface area contributed by atoms with Crippen molar-refractivity contribution in [1.29, 1.82) is 0 Å². The van der Waals surface area contributed by atoms with E-state index in [9.17, 15) is 20.1 Å². The molecule has 1 fully saturated rings. The van der Waals surface area contributed by atoms with E-state index in [0.717, 1.165) is 51.5 Å². The molecule has 0 aromatic heterocycles. The fourth-order valence-corrected chi connectivity index (χ4v) is 3.77. The van der Waals surface area contributed by atoms with E-state index >= 15 is 0 Å². The molecule has 0 spiro atoms. The van der Waals surface area contributed by atoms with Gasteiger partial charge in [-0.1, -0.05) is 57.4 Å². The van der Waals surface area contributed by atoms with Crippen molar-refractivity contribution in [3.63, 3.8) is 0 Å². The summed E-state index contributed by atoms with van der Waals surface area (Å²) in [5.74, 6) is -0.0502. The van der Waals surface area contributed by atoms with Gasteiger partial charge >= 0.3 is 0 Å². The molecule has 1 rings (SSSR count). The van der Waals surface area contributed by atoms with Gasteiger partial charge in [-0.05, 0) is 38.0 Å². The minimum atomic E-state index is -0.560. The monoisotopic (exact) mass is 395 g/mol. The van der Waals surface area contributed by atoms with Crippen molar-refractivity contribution in [1.82, 2.24) is 5.32 Å². The summed E-state index contributed by atoms with van der Waals surface area (Å²) in [6, 6.07) is 0. The van der Waals surface area contributed by atoms with Crippen molar-refractivity contribution in [3.8, 4) is 0 Å². The average Bonchev–Trinajstić information content (AvgIpc) is 2.94. The molecule has 0 aromatic carbocycles. The topological polar surface area (TPSA) is 89.8 Å². The third kappa shape index (κ3) is 9.85. The first kappa shape index (κ1) is 24.9. The van der Waals surface area contributed by atoms with Crippen molar-refractivity contribution in [2.75, 3.05) is 6.54 Å². The molecule has 5 unspecified atom stereocenters. The van der Waals surface area contributed by atoms with Gasteiger partial charge in [-0.3, -0.25) is 4.79 Å². The van der Waals surface area contributed by atoms with E-state index in [4.69, 9.17) is 0 Å². The van der Waals surface area contributed by atoms with Crippen molar-refractivity contribution in [3.05, 3.63) is 24.3 Å². The van der Waals surface area contributed by atoms with Gasteiger partial charge in [0.15, 0.2) is 0 Å². The van der Waals surface area contributed by atoms with Crippen LogP contribution in [0.3, 0.4) is 0 Å². The maximum absolute atomic E-state index is 11.6. The second-order valence-corrected chi connectivity index (χ2v) is 8.01. The number of aliphatic hydroxyl groups excluding tert-OH is 3. The summed E-state index contributed by atoms with van der Waals surface area (Å²) in [6.07, 6.45) is 14.4. The lowest BCUT2D eigenvalue weighted by atomic mass is 9.89. The number of allylic oxidation sites excluding steroid dienone is 2. The highest BCUT2D eigenvalue weighted by atomic mass is 16.3. The van der Waals surface area contributed by atoms with Gasteiger partial charge in [-0.2, -0.15) is 0 Å². The summed E-state index contributed by atoms with van der Waals surface area (Å²) in [6.45, 7) is 4.91. The van der Waals surface area contributed by atoms with Crippen LogP contribution in [0.15, 0.2) is 24.3 Å². The first-order chi connectivity index (χ1) is 13.5. The van der Waals surface area contributed by atoms with Crippen LogP contribution < -0.4 is 5.32 Å². The van der Waals surface area contributed by atoms with Gasteiger partial charge in [-0.25, -0.2) is 0 Å². The quantitative estimate of drug-likeness (QED) is 0.268. The number of amides is 1. The number of nitrogens with one attached hydrogen (secondary N) is 1. The summed E-state index contributed by atoms with van der Waals surface area (Å²) in [7, 11) is 0. The molecule has 5 atom stereocenters. The van der Waals surface area contributed by atoms with Gasteiger partial charge < -0.3 is 20.6 Å². The zero-order chi connectivity index (χ0) is 20.8. The number of rotatable bonds is 14. The van der Waals surface area contributed by atoms with Crippen molar-refractivity contribution < 1.29 is 20.1 Å². The van der Waals surface area contributed by atoms with Crippen molar-refractivity contribution in [2.45, 2.75) is 96.4 Å². The lowest BCUT2D eigenvalue weighted by Gasteiger charge is -2.19. The van der Waals surface area contributed by atoms with Crippen LogP contribution in [0.5, 0.6) is 0 Å². The Bertz CT molecular complexity index is 477. The maximum atomic E-state index is 11.6. The van der Waals surface area contributed by atoms with Crippen LogP contribution >= 0.6 is 0 Å². The molecule has 0 aliphatic heterocycles.